The average Bonchev–Trinajstić information content (AvgIpc) is 2.18. The van der Waals surface area contributed by atoms with E-state index in [2.05, 4.69) is 26.3 Å². The van der Waals surface area contributed by atoms with E-state index in [-0.39, 0.29) is 6.04 Å². The van der Waals surface area contributed by atoms with Gasteiger partial charge in [-0.3, -0.25) is 4.99 Å². The molecule has 1 aromatic rings. The fraction of sp³-hybridized carbons (Fsp3) is 0.364. The molecule has 0 aliphatic rings. The van der Waals surface area contributed by atoms with Gasteiger partial charge in [0, 0.05) is 16.1 Å². The molecule has 0 amide bonds. The number of aryl methyl sites for hydroxylation is 1. The number of nitrogens with one attached hydrogen (secondary N) is 1. The minimum atomic E-state index is 0.212. The van der Waals surface area contributed by atoms with Crippen LogP contribution in [0.2, 0.25) is 0 Å². The van der Waals surface area contributed by atoms with Crippen molar-refractivity contribution in [3.63, 3.8) is 0 Å². The number of benzene rings is 1. The molecule has 82 valence electrons. The Kier molecular flexibility index (Phi) is 4.29. The van der Waals surface area contributed by atoms with E-state index in [1.807, 2.05) is 39.0 Å². The van der Waals surface area contributed by atoms with Gasteiger partial charge in [-0.2, -0.15) is 0 Å². The van der Waals surface area contributed by atoms with Gasteiger partial charge in [-0.25, -0.2) is 5.84 Å². The molecule has 0 saturated heterocycles. The second-order valence-corrected chi connectivity index (χ2v) is 4.55. The van der Waals surface area contributed by atoms with Crippen LogP contribution in [0.5, 0.6) is 0 Å². The summed E-state index contributed by atoms with van der Waals surface area (Å²) in [5.41, 5.74) is 4.81. The lowest BCUT2D eigenvalue weighted by Gasteiger charge is -2.10. The zero-order chi connectivity index (χ0) is 11.4. The van der Waals surface area contributed by atoms with Crippen LogP contribution in [0.15, 0.2) is 27.7 Å². The molecule has 4 heteroatoms. The predicted molar refractivity (Wildman–Crippen MR) is 67.9 cm³/mol. The number of halogens is 1. The van der Waals surface area contributed by atoms with Gasteiger partial charge in [0.15, 0.2) is 0 Å². The molecule has 0 saturated carbocycles. The standard InChI is InChI=1S/C11H16BrN3/c1-7(2)14-11(15-13)9-6-8(3)4-5-10(9)12/h4-7H,13H2,1-3H3,(H,14,15). The van der Waals surface area contributed by atoms with Crippen LogP contribution >= 0.6 is 15.9 Å². The fourth-order valence-corrected chi connectivity index (χ4v) is 1.70. The van der Waals surface area contributed by atoms with Crippen LogP contribution in [-0.2, 0) is 0 Å². The van der Waals surface area contributed by atoms with Gasteiger partial charge in [0.25, 0.3) is 0 Å². The quantitative estimate of drug-likeness (QED) is 0.375. The minimum Gasteiger partial charge on any atom is -0.308 e. The SMILES string of the molecule is Cc1ccc(Br)c(C(=NC(C)C)NN)c1. The van der Waals surface area contributed by atoms with Crippen LogP contribution in [0.1, 0.15) is 25.0 Å². The maximum atomic E-state index is 5.47. The van der Waals surface area contributed by atoms with Crippen molar-refractivity contribution < 1.29 is 0 Å². The Labute approximate surface area is 98.9 Å². The van der Waals surface area contributed by atoms with E-state index >= 15 is 0 Å². The van der Waals surface area contributed by atoms with Gasteiger partial charge in [-0.1, -0.05) is 27.6 Å². The number of hydrogen-bond acceptors (Lipinski definition) is 2. The van der Waals surface area contributed by atoms with Gasteiger partial charge in [0.2, 0.25) is 0 Å². The van der Waals surface area contributed by atoms with Gasteiger partial charge < -0.3 is 5.43 Å². The fourth-order valence-electron chi connectivity index (χ4n) is 1.26. The van der Waals surface area contributed by atoms with Crippen molar-refractivity contribution in [1.29, 1.82) is 0 Å². The molecule has 0 aromatic heterocycles. The molecule has 0 bridgehead atoms. The lowest BCUT2D eigenvalue weighted by atomic mass is 10.1. The Hall–Kier alpha value is -0.870. The Bertz CT molecular complexity index is 372. The summed E-state index contributed by atoms with van der Waals surface area (Å²) in [5, 5.41) is 0. The first-order chi connectivity index (χ1) is 7.04. The molecule has 0 heterocycles. The maximum Gasteiger partial charge on any atom is 0.143 e. The first-order valence-corrected chi connectivity index (χ1v) is 5.65. The normalized spacial score (nSPS) is 12.0. The summed E-state index contributed by atoms with van der Waals surface area (Å²) < 4.78 is 0.991. The molecule has 3 N–H and O–H groups in total. The average molecular weight is 270 g/mol. The number of nitrogens with two attached hydrogens (primary N) is 1. The minimum absolute atomic E-state index is 0.212. The topological polar surface area (TPSA) is 50.4 Å². The number of nitrogens with zero attached hydrogens (tertiary/aromatic N) is 1. The van der Waals surface area contributed by atoms with E-state index < -0.39 is 0 Å². The van der Waals surface area contributed by atoms with Gasteiger partial charge in [0.1, 0.15) is 5.84 Å². The number of hydrogen-bond donors (Lipinski definition) is 2. The molecule has 0 unspecified atom stereocenters. The Morgan fingerprint density at radius 1 is 1.47 bits per heavy atom. The predicted octanol–water partition coefficient (Wildman–Crippen LogP) is 2.38. The van der Waals surface area contributed by atoms with Gasteiger partial charge in [-0.15, -0.1) is 0 Å². The van der Waals surface area contributed by atoms with Crippen LogP contribution in [0.25, 0.3) is 0 Å². The first kappa shape index (κ1) is 12.2. The monoisotopic (exact) mass is 269 g/mol. The second-order valence-electron chi connectivity index (χ2n) is 3.70. The van der Waals surface area contributed by atoms with Crippen molar-refractivity contribution in [3.05, 3.63) is 33.8 Å². The van der Waals surface area contributed by atoms with E-state index in [0.717, 1.165) is 10.0 Å². The van der Waals surface area contributed by atoms with Gasteiger partial charge in [0.05, 0.1) is 0 Å². The van der Waals surface area contributed by atoms with Crippen LogP contribution in [0.4, 0.5) is 0 Å². The highest BCUT2D eigenvalue weighted by Crippen LogP contribution is 2.18. The highest BCUT2D eigenvalue weighted by Gasteiger charge is 2.07. The molecule has 1 aromatic carbocycles. The van der Waals surface area contributed by atoms with Gasteiger partial charge in [-0.05, 0) is 32.9 Å². The first-order valence-electron chi connectivity index (χ1n) is 4.85. The van der Waals surface area contributed by atoms with E-state index in [1.165, 1.54) is 5.56 Å². The molecule has 3 nitrogen and oxygen atoms in total. The van der Waals surface area contributed by atoms with Crippen molar-refractivity contribution in [1.82, 2.24) is 5.43 Å². The van der Waals surface area contributed by atoms with E-state index in [4.69, 9.17) is 5.84 Å². The van der Waals surface area contributed by atoms with Crippen LogP contribution < -0.4 is 11.3 Å². The molecular formula is C11H16BrN3. The summed E-state index contributed by atoms with van der Waals surface area (Å²) in [4.78, 5) is 4.42. The van der Waals surface area contributed by atoms with Crippen molar-refractivity contribution in [3.8, 4) is 0 Å². The summed E-state index contributed by atoms with van der Waals surface area (Å²) in [6, 6.07) is 6.29. The summed E-state index contributed by atoms with van der Waals surface area (Å²) in [7, 11) is 0. The highest BCUT2D eigenvalue weighted by molar-refractivity contribution is 9.10. The highest BCUT2D eigenvalue weighted by atomic mass is 79.9. The van der Waals surface area contributed by atoms with Crippen LogP contribution in [-0.4, -0.2) is 11.9 Å². The van der Waals surface area contributed by atoms with E-state index in [1.54, 1.807) is 0 Å². The smallest absolute Gasteiger partial charge is 0.143 e. The molecule has 0 fully saturated rings. The molecule has 0 radical (unpaired) electrons. The third-order valence-corrected chi connectivity index (χ3v) is 2.59. The lowest BCUT2D eigenvalue weighted by molar-refractivity contribution is 0.820. The Balaban J connectivity index is 3.17. The number of amidine groups is 1. The van der Waals surface area contributed by atoms with Gasteiger partial charge >= 0.3 is 0 Å². The molecule has 0 aliphatic heterocycles. The summed E-state index contributed by atoms with van der Waals surface area (Å²) in [6.07, 6.45) is 0. The van der Waals surface area contributed by atoms with Crippen LogP contribution in [0.3, 0.4) is 0 Å². The number of hydrazine groups is 1. The second kappa shape index (κ2) is 5.28. The molecule has 0 spiro atoms. The molecular weight excluding hydrogens is 254 g/mol. The molecule has 15 heavy (non-hydrogen) atoms. The largest absolute Gasteiger partial charge is 0.308 e. The third-order valence-electron chi connectivity index (χ3n) is 1.90. The number of aliphatic imine (C=N–C) groups is 1. The Morgan fingerprint density at radius 2 is 2.13 bits per heavy atom. The maximum absolute atomic E-state index is 5.47. The van der Waals surface area contributed by atoms with Crippen molar-refractivity contribution in [2.45, 2.75) is 26.8 Å². The Morgan fingerprint density at radius 3 is 2.67 bits per heavy atom. The summed E-state index contributed by atoms with van der Waals surface area (Å²) in [5.74, 6) is 6.18. The van der Waals surface area contributed by atoms with Crippen LogP contribution in [0, 0.1) is 6.92 Å². The molecule has 1 rings (SSSR count). The molecule has 0 aliphatic carbocycles. The van der Waals surface area contributed by atoms with Crippen molar-refractivity contribution in [2.24, 2.45) is 10.8 Å². The number of rotatable bonds is 2. The molecule has 0 atom stereocenters. The van der Waals surface area contributed by atoms with E-state index in [0.29, 0.717) is 5.84 Å². The zero-order valence-corrected chi connectivity index (χ0v) is 10.8. The lowest BCUT2D eigenvalue weighted by Crippen LogP contribution is -2.32. The third kappa shape index (κ3) is 3.32. The van der Waals surface area contributed by atoms with Crippen molar-refractivity contribution >= 4 is 21.8 Å². The van der Waals surface area contributed by atoms with Crippen molar-refractivity contribution in [2.75, 3.05) is 0 Å². The van der Waals surface area contributed by atoms with E-state index in [9.17, 15) is 0 Å². The zero-order valence-electron chi connectivity index (χ0n) is 9.21. The summed E-state index contributed by atoms with van der Waals surface area (Å²) in [6.45, 7) is 6.07. The summed E-state index contributed by atoms with van der Waals surface area (Å²) >= 11 is 3.49.